The number of aliphatic carboxylic acids is 1. The second-order valence-corrected chi connectivity index (χ2v) is 5.41. The first-order valence-corrected chi connectivity index (χ1v) is 7.09. The average Bonchev–Trinajstić information content (AvgIpc) is 2.94. The van der Waals surface area contributed by atoms with E-state index in [4.69, 9.17) is 0 Å². The van der Waals surface area contributed by atoms with Crippen LogP contribution in [0.1, 0.15) is 24.8 Å². The molecule has 0 bridgehead atoms. The van der Waals surface area contributed by atoms with Gasteiger partial charge in [-0.2, -0.15) is 5.10 Å². The van der Waals surface area contributed by atoms with Crippen LogP contribution in [-0.4, -0.2) is 44.7 Å². The van der Waals surface area contributed by atoms with Gasteiger partial charge in [0.2, 0.25) is 5.91 Å². The van der Waals surface area contributed by atoms with Gasteiger partial charge in [0, 0.05) is 11.9 Å². The van der Waals surface area contributed by atoms with Crippen LogP contribution in [0.25, 0.3) is 10.9 Å². The summed E-state index contributed by atoms with van der Waals surface area (Å²) in [4.78, 5) is 25.2. The van der Waals surface area contributed by atoms with Gasteiger partial charge in [0.05, 0.1) is 18.1 Å². The van der Waals surface area contributed by atoms with E-state index in [0.29, 0.717) is 13.0 Å². The molecular formula is C15H17N3O3. The van der Waals surface area contributed by atoms with Gasteiger partial charge >= 0.3 is 5.97 Å². The molecule has 110 valence electrons. The molecule has 1 aromatic heterocycles. The molecule has 1 saturated heterocycles. The van der Waals surface area contributed by atoms with E-state index < -0.39 is 12.0 Å². The van der Waals surface area contributed by atoms with E-state index in [9.17, 15) is 14.7 Å². The van der Waals surface area contributed by atoms with E-state index in [2.05, 4.69) is 10.2 Å². The molecule has 2 N–H and O–H groups in total. The molecule has 1 atom stereocenters. The van der Waals surface area contributed by atoms with E-state index in [1.54, 1.807) is 6.20 Å². The Hall–Kier alpha value is -2.37. The van der Waals surface area contributed by atoms with Crippen LogP contribution in [-0.2, 0) is 16.0 Å². The highest BCUT2D eigenvalue weighted by Gasteiger charge is 2.31. The number of likely N-dealkylation sites (tertiary alicyclic amines) is 1. The van der Waals surface area contributed by atoms with Crippen molar-refractivity contribution in [3.05, 3.63) is 30.0 Å². The number of nitrogens with zero attached hydrogens (tertiary/aromatic N) is 2. The van der Waals surface area contributed by atoms with Crippen LogP contribution in [0.5, 0.6) is 0 Å². The van der Waals surface area contributed by atoms with Crippen molar-refractivity contribution in [2.75, 3.05) is 6.54 Å². The molecule has 2 aromatic rings. The molecule has 0 radical (unpaired) electrons. The number of carboxylic acid groups (broad SMARTS) is 1. The zero-order valence-corrected chi connectivity index (χ0v) is 11.6. The van der Waals surface area contributed by atoms with Crippen molar-refractivity contribution in [2.45, 2.75) is 31.7 Å². The van der Waals surface area contributed by atoms with Gasteiger partial charge in [0.25, 0.3) is 0 Å². The number of benzene rings is 1. The number of rotatable bonds is 3. The number of carboxylic acids is 1. The van der Waals surface area contributed by atoms with Gasteiger partial charge in [-0.3, -0.25) is 9.89 Å². The molecule has 1 unspecified atom stereocenters. The van der Waals surface area contributed by atoms with Crippen molar-refractivity contribution in [1.82, 2.24) is 15.1 Å². The fraction of sp³-hybridized carbons (Fsp3) is 0.400. The number of amides is 1. The fourth-order valence-electron chi connectivity index (χ4n) is 2.86. The van der Waals surface area contributed by atoms with Gasteiger partial charge < -0.3 is 10.0 Å². The number of carbonyl (C=O) groups excluding carboxylic acids is 1. The molecular weight excluding hydrogens is 270 g/mol. The molecule has 1 amide bonds. The minimum Gasteiger partial charge on any atom is -0.480 e. The zero-order chi connectivity index (χ0) is 14.8. The molecule has 2 heterocycles. The van der Waals surface area contributed by atoms with E-state index in [1.807, 2.05) is 18.2 Å². The Kier molecular flexibility index (Phi) is 3.60. The first-order valence-electron chi connectivity index (χ1n) is 7.09. The third-order valence-electron chi connectivity index (χ3n) is 3.97. The topological polar surface area (TPSA) is 86.3 Å². The summed E-state index contributed by atoms with van der Waals surface area (Å²) < 4.78 is 0. The van der Waals surface area contributed by atoms with Crippen LogP contribution in [0.2, 0.25) is 0 Å². The number of aromatic nitrogens is 2. The maximum atomic E-state index is 12.4. The summed E-state index contributed by atoms with van der Waals surface area (Å²) in [6.07, 6.45) is 4.22. The van der Waals surface area contributed by atoms with Crippen molar-refractivity contribution in [1.29, 1.82) is 0 Å². The number of fused-ring (bicyclic) bond motifs is 1. The van der Waals surface area contributed by atoms with Crippen molar-refractivity contribution in [2.24, 2.45) is 0 Å². The Morgan fingerprint density at radius 1 is 1.38 bits per heavy atom. The second-order valence-electron chi connectivity index (χ2n) is 5.41. The molecule has 0 spiro atoms. The summed E-state index contributed by atoms with van der Waals surface area (Å²) >= 11 is 0. The lowest BCUT2D eigenvalue weighted by Crippen LogP contribution is -2.48. The smallest absolute Gasteiger partial charge is 0.326 e. The van der Waals surface area contributed by atoms with Gasteiger partial charge in [-0.15, -0.1) is 0 Å². The number of hydrogen-bond donors (Lipinski definition) is 2. The highest BCUT2D eigenvalue weighted by Crippen LogP contribution is 2.20. The number of aromatic amines is 1. The lowest BCUT2D eigenvalue weighted by atomic mass is 10.0. The maximum Gasteiger partial charge on any atom is 0.326 e. The van der Waals surface area contributed by atoms with Gasteiger partial charge in [-0.25, -0.2) is 4.79 Å². The predicted molar refractivity (Wildman–Crippen MR) is 76.8 cm³/mol. The molecule has 1 fully saturated rings. The summed E-state index contributed by atoms with van der Waals surface area (Å²) in [5.41, 5.74) is 1.75. The van der Waals surface area contributed by atoms with Crippen LogP contribution in [0.3, 0.4) is 0 Å². The largest absolute Gasteiger partial charge is 0.480 e. The second kappa shape index (κ2) is 5.55. The van der Waals surface area contributed by atoms with Gasteiger partial charge in [-0.05, 0) is 30.9 Å². The average molecular weight is 287 g/mol. The number of piperidine rings is 1. The van der Waals surface area contributed by atoms with Crippen molar-refractivity contribution in [3.8, 4) is 0 Å². The van der Waals surface area contributed by atoms with Crippen LogP contribution < -0.4 is 0 Å². The number of nitrogens with one attached hydrogen (secondary N) is 1. The summed E-state index contributed by atoms with van der Waals surface area (Å²) in [5, 5.41) is 17.0. The van der Waals surface area contributed by atoms with E-state index in [-0.39, 0.29) is 12.3 Å². The zero-order valence-electron chi connectivity index (χ0n) is 11.6. The maximum absolute atomic E-state index is 12.4. The van der Waals surface area contributed by atoms with Crippen LogP contribution in [0.15, 0.2) is 24.4 Å². The van der Waals surface area contributed by atoms with E-state index >= 15 is 0 Å². The van der Waals surface area contributed by atoms with Gasteiger partial charge in [0.1, 0.15) is 6.04 Å². The normalized spacial score (nSPS) is 18.9. The fourth-order valence-corrected chi connectivity index (χ4v) is 2.86. The molecule has 0 aliphatic carbocycles. The summed E-state index contributed by atoms with van der Waals surface area (Å²) in [6.45, 7) is 0.530. The van der Waals surface area contributed by atoms with Gasteiger partial charge in [0.15, 0.2) is 0 Å². The first kappa shape index (κ1) is 13.6. The summed E-state index contributed by atoms with van der Waals surface area (Å²) in [7, 11) is 0. The van der Waals surface area contributed by atoms with Gasteiger partial charge in [-0.1, -0.05) is 12.1 Å². The number of H-pyrrole nitrogens is 1. The molecule has 6 heteroatoms. The van der Waals surface area contributed by atoms with Crippen LogP contribution >= 0.6 is 0 Å². The van der Waals surface area contributed by atoms with Crippen molar-refractivity contribution in [3.63, 3.8) is 0 Å². The summed E-state index contributed by atoms with van der Waals surface area (Å²) in [6, 6.07) is 5.00. The quantitative estimate of drug-likeness (QED) is 0.897. The third-order valence-corrected chi connectivity index (χ3v) is 3.97. The Labute approximate surface area is 121 Å². The number of carbonyl (C=O) groups is 2. The molecule has 3 rings (SSSR count). The molecule has 6 nitrogen and oxygen atoms in total. The van der Waals surface area contributed by atoms with Crippen LogP contribution in [0, 0.1) is 0 Å². The Morgan fingerprint density at radius 2 is 2.24 bits per heavy atom. The Morgan fingerprint density at radius 3 is 3.05 bits per heavy atom. The minimum atomic E-state index is -0.910. The van der Waals surface area contributed by atoms with Crippen LogP contribution in [0.4, 0.5) is 0 Å². The molecule has 21 heavy (non-hydrogen) atoms. The Balaban J connectivity index is 1.76. The molecule has 1 aromatic carbocycles. The lowest BCUT2D eigenvalue weighted by molar-refractivity contribution is -0.151. The van der Waals surface area contributed by atoms with E-state index in [0.717, 1.165) is 29.3 Å². The highest BCUT2D eigenvalue weighted by atomic mass is 16.4. The lowest BCUT2D eigenvalue weighted by Gasteiger charge is -2.33. The first-order chi connectivity index (χ1) is 10.1. The molecule has 0 saturated carbocycles. The monoisotopic (exact) mass is 287 g/mol. The minimum absolute atomic E-state index is 0.124. The summed E-state index contributed by atoms with van der Waals surface area (Å²) in [5.74, 6) is -1.03. The Bertz CT molecular complexity index is 680. The predicted octanol–water partition coefficient (Wildman–Crippen LogP) is 1.57. The highest BCUT2D eigenvalue weighted by molar-refractivity contribution is 5.86. The van der Waals surface area contributed by atoms with Crippen molar-refractivity contribution >= 4 is 22.8 Å². The SMILES string of the molecule is O=C(O)C1CCCCN1C(=O)Cc1ccc2cn[nH]c2c1. The standard InChI is InChI=1S/C15H17N3O3/c19-14(18-6-2-1-3-13(18)15(20)21)8-10-4-5-11-9-16-17-12(11)7-10/h4-5,7,9,13H,1-3,6,8H2,(H,16,17)(H,20,21). The van der Waals surface area contributed by atoms with E-state index in [1.165, 1.54) is 4.90 Å². The third kappa shape index (κ3) is 2.74. The molecule has 1 aliphatic heterocycles. The molecule has 1 aliphatic rings. The van der Waals surface area contributed by atoms with Crippen molar-refractivity contribution < 1.29 is 14.7 Å². The number of hydrogen-bond acceptors (Lipinski definition) is 3.